The fraction of sp³-hybridized carbons (Fsp3) is 0.500. The summed E-state index contributed by atoms with van der Waals surface area (Å²) in [5, 5.41) is 3.34. The number of guanidine groups is 1. The molecule has 0 aliphatic carbocycles. The van der Waals surface area contributed by atoms with Gasteiger partial charge in [-0.1, -0.05) is 30.3 Å². The van der Waals surface area contributed by atoms with Gasteiger partial charge < -0.3 is 15.0 Å². The van der Waals surface area contributed by atoms with Gasteiger partial charge >= 0.3 is 0 Å². The Morgan fingerprint density at radius 2 is 2.18 bits per heavy atom. The van der Waals surface area contributed by atoms with Crippen LogP contribution in [0.5, 0.6) is 0 Å². The average Bonchev–Trinajstić information content (AvgIpc) is 2.52. The molecule has 0 bridgehead atoms. The quantitative estimate of drug-likeness (QED) is 0.329. The summed E-state index contributed by atoms with van der Waals surface area (Å²) in [7, 11) is 3.79. The van der Waals surface area contributed by atoms with Crippen LogP contribution in [0.25, 0.3) is 0 Å². The molecule has 0 aromatic heterocycles. The fourth-order valence-electron chi connectivity index (χ4n) is 2.20. The van der Waals surface area contributed by atoms with Crippen LogP contribution in [0.3, 0.4) is 0 Å². The van der Waals surface area contributed by atoms with Gasteiger partial charge in [-0.15, -0.1) is 6.58 Å². The molecule has 122 valence electrons. The molecule has 0 saturated carbocycles. The molecule has 0 atom stereocenters. The van der Waals surface area contributed by atoms with Gasteiger partial charge in [0, 0.05) is 27.2 Å². The highest BCUT2D eigenvalue weighted by atomic mass is 16.5. The van der Waals surface area contributed by atoms with Crippen LogP contribution in [0.4, 0.5) is 0 Å². The van der Waals surface area contributed by atoms with E-state index in [-0.39, 0.29) is 0 Å². The lowest BCUT2D eigenvalue weighted by molar-refractivity contribution is 0.185. The molecule has 0 fully saturated rings. The predicted octanol–water partition coefficient (Wildman–Crippen LogP) is 3.20. The summed E-state index contributed by atoms with van der Waals surface area (Å²) in [6, 6.07) is 8.38. The van der Waals surface area contributed by atoms with Crippen LogP contribution in [0.15, 0.2) is 41.9 Å². The Balaban J connectivity index is 2.67. The highest BCUT2D eigenvalue weighted by Crippen LogP contribution is 2.08. The number of unbranched alkanes of at least 4 members (excludes halogenated alkanes) is 1. The first-order valence-electron chi connectivity index (χ1n) is 7.88. The van der Waals surface area contributed by atoms with Gasteiger partial charge in [0.25, 0.3) is 0 Å². The predicted molar refractivity (Wildman–Crippen MR) is 94.0 cm³/mol. The molecule has 1 aromatic carbocycles. The van der Waals surface area contributed by atoms with Crippen molar-refractivity contribution in [3.05, 3.63) is 48.0 Å². The van der Waals surface area contributed by atoms with Gasteiger partial charge in [0.05, 0.1) is 13.2 Å². The Kier molecular flexibility index (Phi) is 9.00. The van der Waals surface area contributed by atoms with E-state index in [0.717, 1.165) is 31.9 Å². The van der Waals surface area contributed by atoms with E-state index >= 15 is 0 Å². The fourth-order valence-corrected chi connectivity index (χ4v) is 2.20. The zero-order chi connectivity index (χ0) is 16.2. The summed E-state index contributed by atoms with van der Waals surface area (Å²) >= 11 is 0. The molecular weight excluding hydrogens is 274 g/mol. The SMILES string of the molecule is C=CCCCN(C)C(=NCc1cccc(COC)c1)NCC. The maximum absolute atomic E-state index is 5.18. The molecule has 0 unspecified atom stereocenters. The second kappa shape index (κ2) is 10.9. The molecule has 1 N–H and O–H groups in total. The third kappa shape index (κ3) is 6.76. The zero-order valence-electron chi connectivity index (χ0n) is 14.1. The van der Waals surface area contributed by atoms with Crippen molar-refractivity contribution in [2.45, 2.75) is 32.9 Å². The molecular formula is C18H29N3O. The minimum absolute atomic E-state index is 0.638. The maximum Gasteiger partial charge on any atom is 0.193 e. The molecule has 0 amide bonds. The minimum Gasteiger partial charge on any atom is -0.380 e. The van der Waals surface area contributed by atoms with Crippen LogP contribution in [0.2, 0.25) is 0 Å². The third-order valence-electron chi connectivity index (χ3n) is 3.31. The van der Waals surface area contributed by atoms with Crippen molar-refractivity contribution in [1.82, 2.24) is 10.2 Å². The number of allylic oxidation sites excluding steroid dienone is 1. The molecule has 0 spiro atoms. The van der Waals surface area contributed by atoms with E-state index in [1.807, 2.05) is 6.08 Å². The summed E-state index contributed by atoms with van der Waals surface area (Å²) in [5.41, 5.74) is 2.38. The Hall–Kier alpha value is -1.81. The Bertz CT molecular complexity index is 471. The van der Waals surface area contributed by atoms with Crippen molar-refractivity contribution in [3.63, 3.8) is 0 Å². The van der Waals surface area contributed by atoms with Crippen LogP contribution in [-0.4, -0.2) is 38.1 Å². The molecule has 0 heterocycles. The van der Waals surface area contributed by atoms with Crippen LogP contribution < -0.4 is 5.32 Å². The molecule has 4 heteroatoms. The minimum atomic E-state index is 0.638. The van der Waals surface area contributed by atoms with Crippen LogP contribution in [-0.2, 0) is 17.9 Å². The largest absolute Gasteiger partial charge is 0.380 e. The first kappa shape index (κ1) is 18.2. The first-order chi connectivity index (χ1) is 10.7. The molecule has 0 aliphatic heterocycles. The summed E-state index contributed by atoms with van der Waals surface area (Å²) < 4.78 is 5.18. The number of hydrogen-bond donors (Lipinski definition) is 1. The summed E-state index contributed by atoms with van der Waals surface area (Å²) in [6.45, 7) is 9.01. The smallest absolute Gasteiger partial charge is 0.193 e. The van der Waals surface area contributed by atoms with E-state index in [0.29, 0.717) is 13.2 Å². The summed E-state index contributed by atoms with van der Waals surface area (Å²) in [6.07, 6.45) is 4.08. The van der Waals surface area contributed by atoms with E-state index in [4.69, 9.17) is 9.73 Å². The lowest BCUT2D eigenvalue weighted by Crippen LogP contribution is -2.39. The van der Waals surface area contributed by atoms with Gasteiger partial charge in [-0.2, -0.15) is 0 Å². The van der Waals surface area contributed by atoms with Gasteiger partial charge in [0.1, 0.15) is 0 Å². The van der Waals surface area contributed by atoms with Crippen molar-refractivity contribution in [1.29, 1.82) is 0 Å². The van der Waals surface area contributed by atoms with E-state index in [1.54, 1.807) is 7.11 Å². The van der Waals surface area contributed by atoms with Gasteiger partial charge in [0.15, 0.2) is 5.96 Å². The second-order valence-corrected chi connectivity index (χ2v) is 5.28. The zero-order valence-corrected chi connectivity index (χ0v) is 14.1. The monoisotopic (exact) mass is 303 g/mol. The number of hydrogen-bond acceptors (Lipinski definition) is 2. The Morgan fingerprint density at radius 1 is 1.41 bits per heavy atom. The van der Waals surface area contributed by atoms with Crippen molar-refractivity contribution in [3.8, 4) is 0 Å². The molecule has 1 aromatic rings. The van der Waals surface area contributed by atoms with Crippen molar-refractivity contribution < 1.29 is 4.74 Å². The van der Waals surface area contributed by atoms with E-state index in [1.165, 1.54) is 11.1 Å². The van der Waals surface area contributed by atoms with E-state index < -0.39 is 0 Å². The number of methoxy groups -OCH3 is 1. The molecule has 1 rings (SSSR count). The third-order valence-corrected chi connectivity index (χ3v) is 3.31. The average molecular weight is 303 g/mol. The number of benzene rings is 1. The number of nitrogens with zero attached hydrogens (tertiary/aromatic N) is 2. The Morgan fingerprint density at radius 3 is 2.86 bits per heavy atom. The number of nitrogens with one attached hydrogen (secondary N) is 1. The van der Waals surface area contributed by atoms with Gasteiger partial charge in [-0.25, -0.2) is 4.99 Å². The molecule has 0 radical (unpaired) electrons. The number of rotatable bonds is 9. The molecule has 4 nitrogen and oxygen atoms in total. The topological polar surface area (TPSA) is 36.9 Å². The van der Waals surface area contributed by atoms with Crippen molar-refractivity contribution >= 4 is 5.96 Å². The lowest BCUT2D eigenvalue weighted by Gasteiger charge is -2.21. The van der Waals surface area contributed by atoms with Crippen LogP contribution in [0.1, 0.15) is 30.9 Å². The van der Waals surface area contributed by atoms with Gasteiger partial charge in [-0.05, 0) is 30.9 Å². The number of aliphatic imine (C=N–C) groups is 1. The molecule has 0 aliphatic rings. The standard InChI is InChI=1S/C18H29N3O/c1-5-7-8-12-21(3)18(19-6-2)20-14-16-10-9-11-17(13-16)15-22-4/h5,9-11,13H,1,6-8,12,14-15H2,2-4H3,(H,19,20). The van der Waals surface area contributed by atoms with Gasteiger partial charge in [0.2, 0.25) is 0 Å². The summed E-state index contributed by atoms with van der Waals surface area (Å²) in [4.78, 5) is 6.90. The maximum atomic E-state index is 5.18. The van der Waals surface area contributed by atoms with Crippen LogP contribution in [0, 0.1) is 0 Å². The van der Waals surface area contributed by atoms with Crippen molar-refractivity contribution in [2.75, 3.05) is 27.2 Å². The van der Waals surface area contributed by atoms with Crippen LogP contribution >= 0.6 is 0 Å². The van der Waals surface area contributed by atoms with E-state index in [9.17, 15) is 0 Å². The highest BCUT2D eigenvalue weighted by molar-refractivity contribution is 5.79. The molecule has 22 heavy (non-hydrogen) atoms. The number of ether oxygens (including phenoxy) is 1. The molecule has 0 saturated heterocycles. The summed E-state index contributed by atoms with van der Waals surface area (Å²) in [5.74, 6) is 0.948. The highest BCUT2D eigenvalue weighted by Gasteiger charge is 2.05. The van der Waals surface area contributed by atoms with Gasteiger partial charge in [-0.3, -0.25) is 0 Å². The first-order valence-corrected chi connectivity index (χ1v) is 7.88. The van der Waals surface area contributed by atoms with Crippen molar-refractivity contribution in [2.24, 2.45) is 4.99 Å². The second-order valence-electron chi connectivity index (χ2n) is 5.28. The normalized spacial score (nSPS) is 11.3. The van der Waals surface area contributed by atoms with E-state index in [2.05, 4.69) is 55.0 Å². The lowest BCUT2D eigenvalue weighted by atomic mass is 10.1. The Labute approximate surface area is 134 Å².